The second-order valence-electron chi connectivity index (χ2n) is 5.92. The van der Waals surface area contributed by atoms with E-state index in [9.17, 15) is 9.59 Å². The topological polar surface area (TPSA) is 91.1 Å². The van der Waals surface area contributed by atoms with Gasteiger partial charge in [0.05, 0.1) is 13.7 Å². The van der Waals surface area contributed by atoms with Crippen LogP contribution in [0.4, 0.5) is 0 Å². The average molecular weight is 350 g/mol. The Morgan fingerprint density at radius 3 is 2.56 bits per heavy atom. The van der Waals surface area contributed by atoms with Crippen molar-refractivity contribution in [2.45, 2.75) is 32.2 Å². The van der Waals surface area contributed by atoms with Crippen LogP contribution in [0.15, 0.2) is 18.2 Å². The summed E-state index contributed by atoms with van der Waals surface area (Å²) in [5.41, 5.74) is 6.63. The summed E-state index contributed by atoms with van der Waals surface area (Å²) in [6, 6.07) is 4.59. The Balaban J connectivity index is 2.02. The van der Waals surface area contributed by atoms with Crippen molar-refractivity contribution in [1.82, 2.24) is 4.90 Å². The van der Waals surface area contributed by atoms with E-state index in [1.165, 1.54) is 7.11 Å². The molecule has 7 nitrogen and oxygen atoms in total. The minimum atomic E-state index is -0.733. The monoisotopic (exact) mass is 350 g/mol. The molecule has 138 valence electrons. The van der Waals surface area contributed by atoms with Crippen LogP contribution in [0.3, 0.4) is 0 Å². The van der Waals surface area contributed by atoms with Gasteiger partial charge in [-0.1, -0.05) is 6.07 Å². The smallest absolute Gasteiger partial charge is 0.322 e. The van der Waals surface area contributed by atoms with Crippen LogP contribution in [-0.4, -0.2) is 56.2 Å². The maximum Gasteiger partial charge on any atom is 0.322 e. The van der Waals surface area contributed by atoms with Gasteiger partial charge in [0, 0.05) is 13.1 Å². The first-order valence-electron chi connectivity index (χ1n) is 8.54. The molecule has 2 rings (SSSR count). The summed E-state index contributed by atoms with van der Waals surface area (Å²) < 4.78 is 15.9. The number of carbonyl (C=O) groups excluding carboxylic acids is 2. The van der Waals surface area contributed by atoms with E-state index in [-0.39, 0.29) is 12.5 Å². The molecule has 1 fully saturated rings. The SMILES string of the molecule is CCOc1cc(CC(N)C(=O)OC)ccc1OCC(=O)N1CCCC1. The second-order valence-corrected chi connectivity index (χ2v) is 5.92. The van der Waals surface area contributed by atoms with Crippen molar-refractivity contribution in [3.05, 3.63) is 23.8 Å². The van der Waals surface area contributed by atoms with Gasteiger partial charge in [-0.25, -0.2) is 0 Å². The highest BCUT2D eigenvalue weighted by Crippen LogP contribution is 2.29. The Kier molecular flexibility index (Phi) is 7.06. The number of hydrogen-bond acceptors (Lipinski definition) is 6. The number of hydrogen-bond donors (Lipinski definition) is 1. The quantitative estimate of drug-likeness (QED) is 0.707. The lowest BCUT2D eigenvalue weighted by Gasteiger charge is -2.17. The van der Waals surface area contributed by atoms with Gasteiger partial charge in [-0.3, -0.25) is 9.59 Å². The van der Waals surface area contributed by atoms with Crippen LogP contribution < -0.4 is 15.2 Å². The van der Waals surface area contributed by atoms with E-state index in [1.807, 2.05) is 11.8 Å². The fourth-order valence-corrected chi connectivity index (χ4v) is 2.75. The highest BCUT2D eigenvalue weighted by Gasteiger charge is 2.19. The number of esters is 1. The molecule has 0 aromatic heterocycles. The Bertz CT molecular complexity index is 599. The van der Waals surface area contributed by atoms with E-state index in [0.29, 0.717) is 24.5 Å². The molecule has 7 heteroatoms. The number of carbonyl (C=O) groups is 2. The highest BCUT2D eigenvalue weighted by atomic mass is 16.5. The van der Waals surface area contributed by atoms with Gasteiger partial charge in [-0.05, 0) is 43.9 Å². The predicted octanol–water partition coefficient (Wildman–Crippen LogP) is 1.13. The molecule has 1 unspecified atom stereocenters. The fraction of sp³-hybridized carbons (Fsp3) is 0.556. The van der Waals surface area contributed by atoms with Gasteiger partial charge >= 0.3 is 5.97 Å². The minimum absolute atomic E-state index is 0.0128. The van der Waals surface area contributed by atoms with Crippen LogP contribution in [0.1, 0.15) is 25.3 Å². The molecule has 2 N–H and O–H groups in total. The normalized spacial score (nSPS) is 14.9. The summed E-state index contributed by atoms with van der Waals surface area (Å²) in [5, 5.41) is 0. The van der Waals surface area contributed by atoms with Crippen LogP contribution >= 0.6 is 0 Å². The van der Waals surface area contributed by atoms with Gasteiger partial charge in [0.1, 0.15) is 6.04 Å². The number of nitrogens with two attached hydrogens (primary N) is 1. The molecule has 0 spiro atoms. The average Bonchev–Trinajstić information content (AvgIpc) is 3.15. The highest BCUT2D eigenvalue weighted by molar-refractivity contribution is 5.78. The van der Waals surface area contributed by atoms with Crippen molar-refractivity contribution in [3.8, 4) is 11.5 Å². The molecule has 0 aliphatic carbocycles. The molecule has 0 bridgehead atoms. The van der Waals surface area contributed by atoms with Gasteiger partial charge in [0.15, 0.2) is 18.1 Å². The zero-order chi connectivity index (χ0) is 18.2. The first-order valence-corrected chi connectivity index (χ1v) is 8.54. The summed E-state index contributed by atoms with van der Waals surface area (Å²) in [6.45, 7) is 3.91. The molecule has 0 saturated carbocycles. The molecule has 0 radical (unpaired) electrons. The number of likely N-dealkylation sites (tertiary alicyclic amines) is 1. The molecule has 1 heterocycles. The van der Waals surface area contributed by atoms with Crippen LogP contribution in [0.25, 0.3) is 0 Å². The molecule has 1 aliphatic rings. The molecule has 1 saturated heterocycles. The number of nitrogens with zero attached hydrogens (tertiary/aromatic N) is 1. The van der Waals surface area contributed by atoms with E-state index >= 15 is 0 Å². The van der Waals surface area contributed by atoms with Crippen LogP contribution in [-0.2, 0) is 20.7 Å². The van der Waals surface area contributed by atoms with Gasteiger partial charge in [-0.15, -0.1) is 0 Å². The zero-order valence-corrected chi connectivity index (χ0v) is 14.8. The van der Waals surface area contributed by atoms with Crippen molar-refractivity contribution in [3.63, 3.8) is 0 Å². The van der Waals surface area contributed by atoms with Gasteiger partial charge < -0.3 is 24.8 Å². The third-order valence-electron chi connectivity index (χ3n) is 4.08. The number of rotatable bonds is 8. The first kappa shape index (κ1) is 19.1. The maximum absolute atomic E-state index is 12.1. The summed E-state index contributed by atoms with van der Waals surface area (Å²) in [5.74, 6) is 0.558. The third kappa shape index (κ3) is 5.35. The maximum atomic E-state index is 12.1. The predicted molar refractivity (Wildman–Crippen MR) is 92.6 cm³/mol. The first-order chi connectivity index (χ1) is 12.0. The fourth-order valence-electron chi connectivity index (χ4n) is 2.75. The Morgan fingerprint density at radius 1 is 1.20 bits per heavy atom. The lowest BCUT2D eigenvalue weighted by Crippen LogP contribution is -2.33. The lowest BCUT2D eigenvalue weighted by atomic mass is 10.1. The summed E-state index contributed by atoms with van der Waals surface area (Å²) in [7, 11) is 1.31. The number of ether oxygens (including phenoxy) is 3. The lowest BCUT2D eigenvalue weighted by molar-refractivity contribution is -0.142. The standard InChI is InChI=1S/C18H26N2O5/c1-3-24-16-11-13(10-14(19)18(22)23-2)6-7-15(16)25-12-17(21)20-8-4-5-9-20/h6-7,11,14H,3-5,8-10,12,19H2,1-2H3. The van der Waals surface area contributed by atoms with Gasteiger partial charge in [0.2, 0.25) is 0 Å². The van der Waals surface area contributed by atoms with Crippen LogP contribution in [0.5, 0.6) is 11.5 Å². The Hall–Kier alpha value is -2.28. The van der Waals surface area contributed by atoms with E-state index in [4.69, 9.17) is 15.2 Å². The van der Waals surface area contributed by atoms with E-state index in [1.54, 1.807) is 18.2 Å². The number of methoxy groups -OCH3 is 1. The number of benzene rings is 1. The largest absolute Gasteiger partial charge is 0.490 e. The van der Waals surface area contributed by atoms with Crippen molar-refractivity contribution >= 4 is 11.9 Å². The Labute approximate surface area is 148 Å². The van der Waals surface area contributed by atoms with Crippen molar-refractivity contribution < 1.29 is 23.8 Å². The molecular formula is C18H26N2O5. The van der Waals surface area contributed by atoms with E-state index < -0.39 is 12.0 Å². The van der Waals surface area contributed by atoms with Crippen LogP contribution in [0, 0.1) is 0 Å². The van der Waals surface area contributed by atoms with Crippen molar-refractivity contribution in [1.29, 1.82) is 0 Å². The second kappa shape index (κ2) is 9.27. The van der Waals surface area contributed by atoms with Crippen LogP contribution in [0.2, 0.25) is 0 Å². The van der Waals surface area contributed by atoms with E-state index in [2.05, 4.69) is 4.74 Å². The minimum Gasteiger partial charge on any atom is -0.490 e. The molecule has 1 aromatic rings. The zero-order valence-electron chi connectivity index (χ0n) is 14.8. The molecule has 1 aliphatic heterocycles. The summed E-state index contributed by atoms with van der Waals surface area (Å²) >= 11 is 0. The van der Waals surface area contributed by atoms with Crippen molar-refractivity contribution in [2.75, 3.05) is 33.4 Å². The van der Waals surface area contributed by atoms with Gasteiger partial charge in [0.25, 0.3) is 5.91 Å². The Morgan fingerprint density at radius 2 is 1.92 bits per heavy atom. The van der Waals surface area contributed by atoms with Gasteiger partial charge in [-0.2, -0.15) is 0 Å². The molecule has 1 atom stereocenters. The van der Waals surface area contributed by atoms with Crippen molar-refractivity contribution in [2.24, 2.45) is 5.73 Å². The molecule has 1 aromatic carbocycles. The summed E-state index contributed by atoms with van der Waals surface area (Å²) in [6.07, 6.45) is 2.43. The summed E-state index contributed by atoms with van der Waals surface area (Å²) in [4.78, 5) is 25.4. The molecule has 1 amide bonds. The molecule has 25 heavy (non-hydrogen) atoms. The molecular weight excluding hydrogens is 324 g/mol. The third-order valence-corrected chi connectivity index (χ3v) is 4.08. The van der Waals surface area contributed by atoms with E-state index in [0.717, 1.165) is 31.5 Å². The number of amides is 1.